The maximum Gasteiger partial charge on any atom is 0.252 e. The summed E-state index contributed by atoms with van der Waals surface area (Å²) in [5, 5.41) is 14.0. The minimum Gasteiger partial charge on any atom is -0.384 e. The molecule has 4 bridgehead atoms. The van der Waals surface area contributed by atoms with E-state index >= 15 is 0 Å². The smallest absolute Gasteiger partial charge is 0.252 e. The Morgan fingerprint density at radius 2 is 1.50 bits per heavy atom. The van der Waals surface area contributed by atoms with Crippen molar-refractivity contribution in [3.63, 3.8) is 0 Å². The van der Waals surface area contributed by atoms with E-state index in [-0.39, 0.29) is 23.2 Å². The van der Waals surface area contributed by atoms with Gasteiger partial charge < -0.3 is 16.4 Å². The van der Waals surface area contributed by atoms with Crippen LogP contribution in [-0.2, 0) is 4.79 Å². The first kappa shape index (κ1) is 20.7. The van der Waals surface area contributed by atoms with Crippen molar-refractivity contribution in [3.05, 3.63) is 71.3 Å². The lowest BCUT2D eigenvalue weighted by atomic mass is 9.53. The Hall–Kier alpha value is -3.15. The van der Waals surface area contributed by atoms with Crippen LogP contribution in [0.4, 0.5) is 0 Å². The van der Waals surface area contributed by atoms with Crippen molar-refractivity contribution >= 4 is 17.6 Å². The maximum absolute atomic E-state index is 13.6. The molecule has 0 aromatic heterocycles. The number of hydrogen-bond acceptors (Lipinski definition) is 3. The third kappa shape index (κ3) is 4.01. The van der Waals surface area contributed by atoms with Gasteiger partial charge in [0.2, 0.25) is 5.91 Å². The molecule has 0 heterocycles. The highest BCUT2D eigenvalue weighted by Crippen LogP contribution is 2.55. The summed E-state index contributed by atoms with van der Waals surface area (Å²) in [4.78, 5) is 26.7. The molecule has 1 atom stereocenters. The molecule has 4 fully saturated rings. The van der Waals surface area contributed by atoms with Crippen LogP contribution in [0.15, 0.2) is 54.6 Å². The molecule has 0 aliphatic heterocycles. The lowest BCUT2D eigenvalue weighted by Crippen LogP contribution is -2.61. The quantitative estimate of drug-likeness (QED) is 0.416. The molecule has 6 nitrogen and oxygen atoms in total. The van der Waals surface area contributed by atoms with Crippen LogP contribution in [0.1, 0.15) is 66.1 Å². The maximum atomic E-state index is 13.6. The Balaban J connectivity index is 1.38. The number of carbonyl (C=O) groups is 2. The normalized spacial score (nSPS) is 28.7. The largest absolute Gasteiger partial charge is 0.384 e. The van der Waals surface area contributed by atoms with E-state index < -0.39 is 6.04 Å². The first-order valence-electron chi connectivity index (χ1n) is 11.5. The fraction of sp³-hybridized carbons (Fsp3) is 0.423. The van der Waals surface area contributed by atoms with Gasteiger partial charge in [0.25, 0.3) is 5.91 Å². The number of nitrogens with two attached hydrogens (primary N) is 1. The van der Waals surface area contributed by atoms with E-state index in [9.17, 15) is 9.59 Å². The summed E-state index contributed by atoms with van der Waals surface area (Å²) in [5.74, 6) is 1.57. The number of benzene rings is 2. The molecule has 0 saturated heterocycles. The van der Waals surface area contributed by atoms with Gasteiger partial charge in [0.05, 0.1) is 0 Å². The zero-order valence-electron chi connectivity index (χ0n) is 18.1. The minimum absolute atomic E-state index is 0.0983. The molecule has 4 aliphatic carbocycles. The Kier molecular flexibility index (Phi) is 5.24. The molecule has 2 aromatic carbocycles. The van der Waals surface area contributed by atoms with Crippen molar-refractivity contribution in [2.75, 3.05) is 0 Å². The van der Waals surface area contributed by atoms with Gasteiger partial charge in [-0.3, -0.25) is 15.0 Å². The molecule has 2 amide bonds. The van der Waals surface area contributed by atoms with E-state index in [1.807, 2.05) is 30.3 Å². The fourth-order valence-electron chi connectivity index (χ4n) is 6.59. The van der Waals surface area contributed by atoms with Crippen LogP contribution < -0.4 is 16.4 Å². The van der Waals surface area contributed by atoms with E-state index in [1.165, 1.54) is 19.3 Å². The van der Waals surface area contributed by atoms with E-state index in [0.717, 1.165) is 42.6 Å². The minimum atomic E-state index is -0.780. The first-order chi connectivity index (χ1) is 15.4. The molecule has 0 unspecified atom stereocenters. The fourth-order valence-corrected chi connectivity index (χ4v) is 6.59. The Bertz CT molecular complexity index is 1010. The number of amidine groups is 1. The summed E-state index contributed by atoms with van der Waals surface area (Å²) < 4.78 is 0. The molecule has 166 valence electrons. The van der Waals surface area contributed by atoms with Crippen LogP contribution in [0, 0.1) is 23.2 Å². The summed E-state index contributed by atoms with van der Waals surface area (Å²) >= 11 is 0. The van der Waals surface area contributed by atoms with E-state index in [1.54, 1.807) is 24.3 Å². The van der Waals surface area contributed by atoms with E-state index in [2.05, 4.69) is 10.6 Å². The number of hydrogen-bond donors (Lipinski definition) is 4. The van der Waals surface area contributed by atoms with E-state index in [0.29, 0.717) is 11.1 Å². The summed E-state index contributed by atoms with van der Waals surface area (Å²) in [6.07, 6.45) is 7.09. The lowest BCUT2D eigenvalue weighted by Gasteiger charge is -2.57. The number of rotatable bonds is 6. The number of nitrogen functional groups attached to an aromatic ring is 1. The average Bonchev–Trinajstić information content (AvgIpc) is 2.76. The van der Waals surface area contributed by atoms with Gasteiger partial charge in [-0.05, 0) is 74.0 Å². The second-order valence-electron chi connectivity index (χ2n) is 10.00. The number of amides is 2. The Morgan fingerprint density at radius 3 is 2.09 bits per heavy atom. The van der Waals surface area contributed by atoms with Gasteiger partial charge in [-0.15, -0.1) is 0 Å². The molecule has 6 rings (SSSR count). The number of carbonyl (C=O) groups excluding carboxylic acids is 2. The van der Waals surface area contributed by atoms with Crippen molar-refractivity contribution in [2.24, 2.45) is 23.5 Å². The second kappa shape index (κ2) is 8.08. The number of nitrogens with one attached hydrogen (secondary N) is 3. The summed E-state index contributed by atoms with van der Waals surface area (Å²) in [6.45, 7) is 0. The lowest BCUT2D eigenvalue weighted by molar-refractivity contribution is -0.128. The third-order valence-electron chi connectivity index (χ3n) is 7.53. The highest BCUT2D eigenvalue weighted by Gasteiger charge is 2.52. The molecule has 4 saturated carbocycles. The van der Waals surface area contributed by atoms with Gasteiger partial charge in [-0.2, -0.15) is 0 Å². The molecule has 4 aliphatic rings. The highest BCUT2D eigenvalue weighted by atomic mass is 16.2. The molecule has 6 heteroatoms. The standard InChI is InChI=1S/C26H30N4O2/c27-23(28)20-7-4-8-21(12-20)24(31)29-22(19-5-2-1-3-6-19)25(32)30-26-13-16-9-17(14-26)11-18(10-16)15-26/h1-8,12,16-18,22H,9-11,13-15H2,(H3,27,28)(H,29,31)(H,30,32)/t16?,17?,18?,22-,26?/m1/s1. The topological polar surface area (TPSA) is 108 Å². The summed E-state index contributed by atoms with van der Waals surface area (Å²) in [5.41, 5.74) is 7.06. The zero-order valence-corrected chi connectivity index (χ0v) is 18.1. The van der Waals surface area contributed by atoms with Gasteiger partial charge in [0.1, 0.15) is 11.9 Å². The van der Waals surface area contributed by atoms with Crippen molar-refractivity contribution in [1.82, 2.24) is 10.6 Å². The predicted molar refractivity (Wildman–Crippen MR) is 123 cm³/mol. The third-order valence-corrected chi connectivity index (χ3v) is 7.53. The van der Waals surface area contributed by atoms with Gasteiger partial charge in [-0.1, -0.05) is 42.5 Å². The molecule has 5 N–H and O–H groups in total. The predicted octanol–water partition coefficient (Wildman–Crippen LogP) is 3.53. The van der Waals surface area contributed by atoms with Crippen molar-refractivity contribution < 1.29 is 9.59 Å². The van der Waals surface area contributed by atoms with Crippen LogP contribution in [0.5, 0.6) is 0 Å². The van der Waals surface area contributed by atoms with Crippen LogP contribution in [0.2, 0.25) is 0 Å². The van der Waals surface area contributed by atoms with Crippen LogP contribution in [0.25, 0.3) is 0 Å². The molecule has 2 aromatic rings. The van der Waals surface area contributed by atoms with Crippen molar-refractivity contribution in [3.8, 4) is 0 Å². The van der Waals surface area contributed by atoms with Crippen LogP contribution in [0.3, 0.4) is 0 Å². The summed E-state index contributed by atoms with van der Waals surface area (Å²) in [6, 6.07) is 15.2. The highest BCUT2D eigenvalue weighted by molar-refractivity contribution is 6.01. The van der Waals surface area contributed by atoms with Gasteiger partial charge in [0, 0.05) is 16.7 Å². The zero-order chi connectivity index (χ0) is 22.3. The van der Waals surface area contributed by atoms with Gasteiger partial charge in [-0.25, -0.2) is 0 Å². The van der Waals surface area contributed by atoms with E-state index in [4.69, 9.17) is 11.1 Å². The molecular formula is C26H30N4O2. The SMILES string of the molecule is N=C(N)c1cccc(C(=O)N[C@@H](C(=O)NC23CC4CC(CC(C4)C2)C3)c2ccccc2)c1. The Labute approximate surface area is 188 Å². The first-order valence-corrected chi connectivity index (χ1v) is 11.5. The Morgan fingerprint density at radius 1 is 0.906 bits per heavy atom. The molecular weight excluding hydrogens is 400 g/mol. The van der Waals surface area contributed by atoms with Gasteiger partial charge in [0.15, 0.2) is 0 Å². The average molecular weight is 431 g/mol. The van der Waals surface area contributed by atoms with Crippen LogP contribution in [-0.4, -0.2) is 23.2 Å². The van der Waals surface area contributed by atoms with Crippen LogP contribution >= 0.6 is 0 Å². The van der Waals surface area contributed by atoms with Crippen molar-refractivity contribution in [2.45, 2.75) is 50.1 Å². The van der Waals surface area contributed by atoms with Gasteiger partial charge >= 0.3 is 0 Å². The molecule has 32 heavy (non-hydrogen) atoms. The summed E-state index contributed by atoms with van der Waals surface area (Å²) in [7, 11) is 0. The molecule has 0 radical (unpaired) electrons. The second-order valence-corrected chi connectivity index (χ2v) is 10.00. The molecule has 0 spiro atoms. The monoisotopic (exact) mass is 430 g/mol. The van der Waals surface area contributed by atoms with Crippen molar-refractivity contribution in [1.29, 1.82) is 5.41 Å².